The minimum atomic E-state index is -3.13. The van der Waals surface area contributed by atoms with E-state index >= 15 is 0 Å². The highest BCUT2D eigenvalue weighted by molar-refractivity contribution is 7.88. The van der Waals surface area contributed by atoms with E-state index in [2.05, 4.69) is 15.3 Å². The molecule has 8 heteroatoms. The molecule has 1 aliphatic heterocycles. The Morgan fingerprint density at radius 3 is 2.56 bits per heavy atom. The predicted octanol–water partition coefficient (Wildman–Crippen LogP) is 1.69. The average molecular weight is 364 g/mol. The van der Waals surface area contributed by atoms with Gasteiger partial charge in [0.1, 0.15) is 0 Å². The van der Waals surface area contributed by atoms with Gasteiger partial charge in [-0.05, 0) is 26.7 Å². The topological polar surface area (TPSA) is 95.4 Å². The van der Waals surface area contributed by atoms with Gasteiger partial charge in [0.05, 0.1) is 17.4 Å². The molecular formula is C17H24N4O3S. The summed E-state index contributed by atoms with van der Waals surface area (Å²) in [7, 11) is -3.13. The highest BCUT2D eigenvalue weighted by Crippen LogP contribution is 2.27. The molecule has 136 valence electrons. The molecule has 2 N–H and O–H groups in total. The fraction of sp³-hybridized carbons (Fsp3) is 0.529. The van der Waals surface area contributed by atoms with Crippen LogP contribution in [0.3, 0.4) is 0 Å². The summed E-state index contributed by atoms with van der Waals surface area (Å²) in [5, 5.41) is 14.5. The molecule has 0 radical (unpaired) electrons. The van der Waals surface area contributed by atoms with Crippen LogP contribution in [-0.4, -0.2) is 53.2 Å². The molecule has 1 saturated heterocycles. The number of nitrogens with zero attached hydrogens (tertiary/aromatic N) is 3. The van der Waals surface area contributed by atoms with Crippen LogP contribution in [0.25, 0.3) is 10.9 Å². The Labute approximate surface area is 148 Å². The molecule has 0 unspecified atom stereocenters. The molecule has 1 fully saturated rings. The van der Waals surface area contributed by atoms with Crippen molar-refractivity contribution in [2.24, 2.45) is 0 Å². The van der Waals surface area contributed by atoms with E-state index in [1.54, 1.807) is 20.0 Å². The Morgan fingerprint density at radius 2 is 1.96 bits per heavy atom. The molecule has 0 amide bonds. The van der Waals surface area contributed by atoms with Crippen LogP contribution in [0.4, 0.5) is 5.95 Å². The van der Waals surface area contributed by atoms with E-state index in [4.69, 9.17) is 0 Å². The normalized spacial score (nSPS) is 17.8. The van der Waals surface area contributed by atoms with Gasteiger partial charge in [-0.3, -0.25) is 0 Å². The van der Waals surface area contributed by atoms with Gasteiger partial charge in [-0.1, -0.05) is 18.2 Å². The minimum absolute atomic E-state index is 0.129. The van der Waals surface area contributed by atoms with Crippen molar-refractivity contribution >= 4 is 26.9 Å². The summed E-state index contributed by atoms with van der Waals surface area (Å²) in [6, 6.07) is 5.79. The number of nitrogens with one attached hydrogen (secondary N) is 1. The van der Waals surface area contributed by atoms with Gasteiger partial charge in [-0.25, -0.2) is 22.7 Å². The maximum absolute atomic E-state index is 11.6. The fourth-order valence-electron chi connectivity index (χ4n) is 3.13. The summed E-state index contributed by atoms with van der Waals surface area (Å²) >= 11 is 0. The third-order valence-corrected chi connectivity index (χ3v) is 5.83. The van der Waals surface area contributed by atoms with Gasteiger partial charge in [0.25, 0.3) is 0 Å². The monoisotopic (exact) mass is 364 g/mol. The quantitative estimate of drug-likeness (QED) is 0.857. The van der Waals surface area contributed by atoms with E-state index < -0.39 is 15.6 Å². The molecule has 0 spiro atoms. The third-order valence-electron chi connectivity index (χ3n) is 4.53. The number of rotatable bonds is 4. The maximum atomic E-state index is 11.6. The summed E-state index contributed by atoms with van der Waals surface area (Å²) in [4.78, 5) is 8.95. The average Bonchev–Trinajstić information content (AvgIpc) is 2.53. The van der Waals surface area contributed by atoms with E-state index in [0.29, 0.717) is 31.9 Å². The number of para-hydroxylation sites is 1. The van der Waals surface area contributed by atoms with Crippen molar-refractivity contribution in [3.05, 3.63) is 30.0 Å². The SMILES string of the molecule is CC(C)(O)c1cccc2cnc(NC3CCN(S(C)(=O)=O)CC3)nc12. The molecule has 0 bridgehead atoms. The zero-order chi connectivity index (χ0) is 18.2. The molecule has 0 aliphatic carbocycles. The Morgan fingerprint density at radius 1 is 1.28 bits per heavy atom. The zero-order valence-electron chi connectivity index (χ0n) is 14.7. The molecule has 1 aromatic heterocycles. The summed E-state index contributed by atoms with van der Waals surface area (Å²) in [5.41, 5.74) is 0.481. The second-order valence-corrected chi connectivity index (χ2v) is 9.06. The lowest BCUT2D eigenvalue weighted by molar-refractivity contribution is 0.0800. The lowest BCUT2D eigenvalue weighted by Gasteiger charge is -2.30. The summed E-state index contributed by atoms with van der Waals surface area (Å²) in [5.74, 6) is 0.502. The van der Waals surface area contributed by atoms with Crippen molar-refractivity contribution in [3.8, 4) is 0 Å². The van der Waals surface area contributed by atoms with Gasteiger partial charge in [0.2, 0.25) is 16.0 Å². The predicted molar refractivity (Wildman–Crippen MR) is 97.8 cm³/mol. The smallest absolute Gasteiger partial charge is 0.223 e. The first-order chi connectivity index (χ1) is 11.6. The number of benzene rings is 1. The molecule has 1 aliphatic rings. The number of sulfonamides is 1. The van der Waals surface area contributed by atoms with Crippen LogP contribution in [0.15, 0.2) is 24.4 Å². The van der Waals surface area contributed by atoms with Gasteiger partial charge in [0, 0.05) is 36.3 Å². The summed E-state index contributed by atoms with van der Waals surface area (Å²) in [6.07, 6.45) is 4.40. The van der Waals surface area contributed by atoms with Crippen molar-refractivity contribution in [2.45, 2.75) is 38.3 Å². The van der Waals surface area contributed by atoms with E-state index in [1.807, 2.05) is 18.2 Å². The van der Waals surface area contributed by atoms with Crippen LogP contribution in [-0.2, 0) is 15.6 Å². The second kappa shape index (κ2) is 6.51. The number of hydrogen-bond acceptors (Lipinski definition) is 6. The van der Waals surface area contributed by atoms with Crippen LogP contribution in [0.1, 0.15) is 32.3 Å². The lowest BCUT2D eigenvalue weighted by Crippen LogP contribution is -2.42. The molecule has 3 rings (SSSR count). The van der Waals surface area contributed by atoms with Gasteiger partial charge < -0.3 is 10.4 Å². The fourth-order valence-corrected chi connectivity index (χ4v) is 4.01. The Balaban J connectivity index is 1.79. The van der Waals surface area contributed by atoms with Crippen LogP contribution in [0.5, 0.6) is 0 Å². The van der Waals surface area contributed by atoms with E-state index in [-0.39, 0.29) is 6.04 Å². The number of aromatic nitrogens is 2. The molecule has 7 nitrogen and oxygen atoms in total. The highest BCUT2D eigenvalue weighted by atomic mass is 32.2. The molecule has 2 heterocycles. The highest BCUT2D eigenvalue weighted by Gasteiger charge is 2.25. The molecule has 25 heavy (non-hydrogen) atoms. The van der Waals surface area contributed by atoms with Gasteiger partial charge in [-0.15, -0.1) is 0 Å². The third kappa shape index (κ3) is 4.08. The van der Waals surface area contributed by atoms with Crippen LogP contribution < -0.4 is 5.32 Å². The van der Waals surface area contributed by atoms with Crippen LogP contribution in [0.2, 0.25) is 0 Å². The second-order valence-electron chi connectivity index (χ2n) is 7.08. The van der Waals surface area contributed by atoms with Crippen LogP contribution in [0, 0.1) is 0 Å². The molecular weight excluding hydrogens is 340 g/mol. The Kier molecular flexibility index (Phi) is 4.70. The summed E-state index contributed by atoms with van der Waals surface area (Å²) in [6.45, 7) is 4.47. The summed E-state index contributed by atoms with van der Waals surface area (Å²) < 4.78 is 24.7. The lowest BCUT2D eigenvalue weighted by atomic mass is 9.96. The van der Waals surface area contributed by atoms with Crippen LogP contribution >= 0.6 is 0 Å². The number of anilines is 1. The first-order valence-corrected chi connectivity index (χ1v) is 10.2. The molecule has 0 saturated carbocycles. The minimum Gasteiger partial charge on any atom is -0.386 e. The van der Waals surface area contributed by atoms with Crippen molar-refractivity contribution in [3.63, 3.8) is 0 Å². The van der Waals surface area contributed by atoms with E-state index in [0.717, 1.165) is 16.5 Å². The van der Waals surface area contributed by atoms with Crippen molar-refractivity contribution < 1.29 is 13.5 Å². The first kappa shape index (κ1) is 18.0. The van der Waals surface area contributed by atoms with Crippen molar-refractivity contribution in [2.75, 3.05) is 24.7 Å². The van der Waals surface area contributed by atoms with Gasteiger partial charge in [0.15, 0.2) is 0 Å². The standard InChI is InChI=1S/C17H24N4O3S/c1-17(2,22)14-6-4-5-12-11-18-16(20-15(12)14)19-13-7-9-21(10-8-13)25(3,23)24/h4-6,11,13,22H,7-10H2,1-3H3,(H,18,19,20). The molecule has 1 aromatic carbocycles. The van der Waals surface area contributed by atoms with Crippen molar-refractivity contribution in [1.82, 2.24) is 14.3 Å². The van der Waals surface area contributed by atoms with E-state index in [9.17, 15) is 13.5 Å². The maximum Gasteiger partial charge on any atom is 0.223 e. The number of hydrogen-bond donors (Lipinski definition) is 2. The first-order valence-electron chi connectivity index (χ1n) is 8.35. The molecule has 0 atom stereocenters. The zero-order valence-corrected chi connectivity index (χ0v) is 15.5. The number of piperidine rings is 1. The van der Waals surface area contributed by atoms with Crippen molar-refractivity contribution in [1.29, 1.82) is 0 Å². The van der Waals surface area contributed by atoms with Gasteiger partial charge in [-0.2, -0.15) is 0 Å². The largest absolute Gasteiger partial charge is 0.386 e. The number of fused-ring (bicyclic) bond motifs is 1. The van der Waals surface area contributed by atoms with Gasteiger partial charge >= 0.3 is 0 Å². The Bertz CT molecular complexity index is 869. The number of aliphatic hydroxyl groups is 1. The van der Waals surface area contributed by atoms with E-state index in [1.165, 1.54) is 10.6 Å². The molecule has 2 aromatic rings. The Hall–Kier alpha value is -1.77.